The second kappa shape index (κ2) is 10.3. The van der Waals surface area contributed by atoms with Crippen molar-refractivity contribution in [2.75, 3.05) is 13.2 Å². The van der Waals surface area contributed by atoms with Crippen molar-refractivity contribution >= 4 is 22.1 Å². The molecule has 0 spiro atoms. The Labute approximate surface area is 218 Å². The van der Waals surface area contributed by atoms with E-state index in [0.29, 0.717) is 23.9 Å². The first kappa shape index (κ1) is 24.1. The third kappa shape index (κ3) is 4.65. The molecule has 192 valence electrons. The van der Waals surface area contributed by atoms with Gasteiger partial charge in [-0.1, -0.05) is 13.8 Å². The summed E-state index contributed by atoms with van der Waals surface area (Å²) < 4.78 is 7.46. The lowest BCUT2D eigenvalue weighted by atomic mass is 9.83. The standard InChI is InChI=1S/C30H36N6O/c1-19(2)27-28(24-17-36(18-31-3)30-23(24)5-4-14-32-30)35-26-11-10-25(34-29(26)27)20-6-8-21(9-7-20)33-22-12-15-37-16-13-22/h4-5,10-11,14,17,19-22,33,35H,6-9,12-13,15-16,18H2,1-2H3. The highest BCUT2D eigenvalue weighted by Crippen LogP contribution is 2.40. The minimum absolute atomic E-state index is 0.263. The van der Waals surface area contributed by atoms with E-state index in [4.69, 9.17) is 16.3 Å². The van der Waals surface area contributed by atoms with Crippen LogP contribution in [0.25, 0.3) is 38.2 Å². The van der Waals surface area contributed by atoms with Gasteiger partial charge in [0.05, 0.1) is 16.7 Å². The Morgan fingerprint density at radius 2 is 1.89 bits per heavy atom. The molecule has 4 aromatic heterocycles. The molecule has 37 heavy (non-hydrogen) atoms. The van der Waals surface area contributed by atoms with Crippen molar-refractivity contribution in [2.45, 2.75) is 83.0 Å². The van der Waals surface area contributed by atoms with Crippen LogP contribution in [-0.4, -0.2) is 44.8 Å². The van der Waals surface area contributed by atoms with Crippen molar-refractivity contribution in [3.63, 3.8) is 0 Å². The summed E-state index contributed by atoms with van der Waals surface area (Å²) in [6.45, 7) is 13.9. The molecule has 0 unspecified atom stereocenters. The van der Waals surface area contributed by atoms with Gasteiger partial charge in [0.1, 0.15) is 5.65 Å². The summed E-state index contributed by atoms with van der Waals surface area (Å²) in [5.41, 5.74) is 7.67. The topological polar surface area (TPSA) is 72.1 Å². The summed E-state index contributed by atoms with van der Waals surface area (Å²) in [6, 6.07) is 9.75. The van der Waals surface area contributed by atoms with Crippen LogP contribution >= 0.6 is 0 Å². The van der Waals surface area contributed by atoms with Gasteiger partial charge in [-0.25, -0.2) is 11.6 Å². The first-order valence-electron chi connectivity index (χ1n) is 13.8. The molecule has 0 atom stereocenters. The Kier molecular flexibility index (Phi) is 6.71. The molecule has 7 heteroatoms. The number of nitrogens with zero attached hydrogens (tertiary/aromatic N) is 4. The lowest BCUT2D eigenvalue weighted by Gasteiger charge is -2.33. The fraction of sp³-hybridized carbons (Fsp3) is 0.500. The van der Waals surface area contributed by atoms with Crippen LogP contribution in [0, 0.1) is 6.57 Å². The molecule has 1 aliphatic carbocycles. The number of pyridine rings is 2. The Balaban J connectivity index is 1.30. The van der Waals surface area contributed by atoms with Gasteiger partial charge in [-0.05, 0) is 68.7 Å². The number of aromatic nitrogens is 4. The van der Waals surface area contributed by atoms with E-state index in [1.165, 1.54) is 36.9 Å². The largest absolute Gasteiger partial charge is 0.381 e. The number of fused-ring (bicyclic) bond motifs is 2. The summed E-state index contributed by atoms with van der Waals surface area (Å²) >= 11 is 0. The minimum Gasteiger partial charge on any atom is -0.381 e. The maximum absolute atomic E-state index is 7.37. The normalized spacial score (nSPS) is 21.1. The van der Waals surface area contributed by atoms with Crippen LogP contribution in [0.3, 0.4) is 0 Å². The molecule has 7 nitrogen and oxygen atoms in total. The lowest BCUT2D eigenvalue weighted by Crippen LogP contribution is -2.43. The molecule has 0 bridgehead atoms. The van der Waals surface area contributed by atoms with Crippen LogP contribution in [0.15, 0.2) is 36.7 Å². The number of nitrogens with one attached hydrogen (secondary N) is 2. The average Bonchev–Trinajstić information content (AvgIpc) is 3.48. The molecule has 6 rings (SSSR count). The van der Waals surface area contributed by atoms with E-state index in [2.05, 4.69) is 58.4 Å². The van der Waals surface area contributed by atoms with Crippen molar-refractivity contribution in [3.05, 3.63) is 59.3 Å². The number of ether oxygens (including phenoxy) is 1. The Bertz CT molecular complexity index is 1430. The third-order valence-corrected chi connectivity index (χ3v) is 8.24. The number of hydrogen-bond acceptors (Lipinski definition) is 4. The fourth-order valence-electron chi connectivity index (χ4n) is 6.36. The number of hydrogen-bond donors (Lipinski definition) is 2. The van der Waals surface area contributed by atoms with Gasteiger partial charge in [0.15, 0.2) is 0 Å². The van der Waals surface area contributed by atoms with Crippen LogP contribution in [0.1, 0.15) is 75.5 Å². The van der Waals surface area contributed by atoms with Gasteiger partial charge in [0.25, 0.3) is 6.67 Å². The number of rotatable bonds is 6. The fourth-order valence-corrected chi connectivity index (χ4v) is 6.36. The van der Waals surface area contributed by atoms with Crippen molar-refractivity contribution < 1.29 is 4.74 Å². The van der Waals surface area contributed by atoms with E-state index in [9.17, 15) is 0 Å². The van der Waals surface area contributed by atoms with E-state index < -0.39 is 0 Å². The van der Waals surface area contributed by atoms with Gasteiger partial charge in [-0.15, -0.1) is 0 Å². The summed E-state index contributed by atoms with van der Waals surface area (Å²) in [5, 5.41) is 4.96. The molecule has 5 heterocycles. The summed E-state index contributed by atoms with van der Waals surface area (Å²) in [6.07, 6.45) is 10.9. The lowest BCUT2D eigenvalue weighted by molar-refractivity contribution is 0.0729. The van der Waals surface area contributed by atoms with Crippen LogP contribution in [0.4, 0.5) is 0 Å². The molecule has 0 amide bonds. The number of H-pyrrole nitrogens is 1. The first-order valence-corrected chi connectivity index (χ1v) is 13.8. The van der Waals surface area contributed by atoms with Crippen LogP contribution in [0.2, 0.25) is 0 Å². The summed E-state index contributed by atoms with van der Waals surface area (Å²) in [5.74, 6) is 0.821. The van der Waals surface area contributed by atoms with Gasteiger partial charge in [0.2, 0.25) is 0 Å². The zero-order chi connectivity index (χ0) is 25.4. The molecule has 1 aliphatic heterocycles. The van der Waals surface area contributed by atoms with Gasteiger partial charge >= 0.3 is 0 Å². The Morgan fingerprint density at radius 3 is 2.65 bits per heavy atom. The molecular formula is C30H36N6O. The second-order valence-electron chi connectivity index (χ2n) is 11.0. The molecule has 0 radical (unpaired) electrons. The van der Waals surface area contributed by atoms with E-state index in [-0.39, 0.29) is 6.67 Å². The predicted molar refractivity (Wildman–Crippen MR) is 147 cm³/mol. The number of aromatic amines is 1. The maximum atomic E-state index is 7.37. The Hall–Kier alpha value is -3.21. The van der Waals surface area contributed by atoms with E-state index >= 15 is 0 Å². The quantitative estimate of drug-likeness (QED) is 0.304. The van der Waals surface area contributed by atoms with E-state index in [1.807, 2.05) is 10.6 Å². The SMILES string of the molecule is [C-]#[N+]Cn1cc(-c2[nH]c3ccc(C4CCC(NC5CCOCC5)CC4)nc3c2C(C)C)c2cccnc21. The van der Waals surface area contributed by atoms with Crippen molar-refractivity contribution in [1.29, 1.82) is 0 Å². The minimum atomic E-state index is 0.263. The molecule has 1 saturated heterocycles. The van der Waals surface area contributed by atoms with Gasteiger partial charge in [-0.3, -0.25) is 14.4 Å². The molecule has 1 saturated carbocycles. The zero-order valence-corrected chi connectivity index (χ0v) is 21.8. The highest BCUT2D eigenvalue weighted by molar-refractivity contribution is 5.98. The monoisotopic (exact) mass is 496 g/mol. The van der Waals surface area contributed by atoms with Gasteiger partial charge in [-0.2, -0.15) is 0 Å². The first-order chi connectivity index (χ1) is 18.1. The predicted octanol–water partition coefficient (Wildman–Crippen LogP) is 6.37. The van der Waals surface area contributed by atoms with Crippen LogP contribution in [-0.2, 0) is 11.4 Å². The van der Waals surface area contributed by atoms with Crippen molar-refractivity contribution in [1.82, 2.24) is 24.8 Å². The molecule has 0 aromatic carbocycles. The van der Waals surface area contributed by atoms with Crippen molar-refractivity contribution in [3.8, 4) is 11.3 Å². The molecular weight excluding hydrogens is 460 g/mol. The highest BCUT2D eigenvalue weighted by atomic mass is 16.5. The van der Waals surface area contributed by atoms with Gasteiger partial charge in [0, 0.05) is 65.8 Å². The average molecular weight is 497 g/mol. The molecule has 2 aliphatic rings. The second-order valence-corrected chi connectivity index (χ2v) is 11.0. The van der Waals surface area contributed by atoms with Crippen molar-refractivity contribution in [2.24, 2.45) is 0 Å². The van der Waals surface area contributed by atoms with Crippen LogP contribution < -0.4 is 5.32 Å². The maximum Gasteiger partial charge on any atom is 0.294 e. The Morgan fingerprint density at radius 1 is 1.11 bits per heavy atom. The van der Waals surface area contributed by atoms with Gasteiger partial charge < -0.3 is 15.0 Å². The highest BCUT2D eigenvalue weighted by Gasteiger charge is 2.27. The summed E-state index contributed by atoms with van der Waals surface area (Å²) in [7, 11) is 0. The third-order valence-electron chi connectivity index (χ3n) is 8.24. The van der Waals surface area contributed by atoms with E-state index in [1.54, 1.807) is 6.20 Å². The molecule has 2 N–H and O–H groups in total. The summed E-state index contributed by atoms with van der Waals surface area (Å²) in [4.78, 5) is 17.2. The molecule has 4 aromatic rings. The van der Waals surface area contributed by atoms with Crippen LogP contribution in [0.5, 0.6) is 0 Å². The smallest absolute Gasteiger partial charge is 0.294 e. The molecule has 2 fully saturated rings. The van der Waals surface area contributed by atoms with E-state index in [0.717, 1.165) is 59.4 Å². The zero-order valence-electron chi connectivity index (χ0n) is 21.8.